The van der Waals surface area contributed by atoms with Gasteiger partial charge in [0.1, 0.15) is 23.6 Å². The zero-order chi connectivity index (χ0) is 28.5. The molecule has 0 fully saturated rings. The molecule has 0 saturated heterocycles. The summed E-state index contributed by atoms with van der Waals surface area (Å²) in [6, 6.07) is 8.98. The molecule has 3 aromatic rings. The van der Waals surface area contributed by atoms with Crippen molar-refractivity contribution in [1.82, 2.24) is 9.88 Å². The van der Waals surface area contributed by atoms with Crippen LogP contribution in [0.3, 0.4) is 0 Å². The zero-order valence-corrected chi connectivity index (χ0v) is 22.8. The molecule has 212 valence electrons. The van der Waals surface area contributed by atoms with Crippen molar-refractivity contribution in [2.75, 3.05) is 18.9 Å². The number of hydrogen-bond donors (Lipinski definition) is 0. The second-order valence-corrected chi connectivity index (χ2v) is 11.1. The van der Waals surface area contributed by atoms with Crippen molar-refractivity contribution in [2.45, 2.75) is 51.5 Å². The number of Topliss-reactive ketones (excluding diaryl/α,β-unsaturated/α-hetero) is 1. The summed E-state index contributed by atoms with van der Waals surface area (Å²) < 4.78 is 45.5. The number of benzene rings is 1. The monoisotopic (exact) mass is 569 g/mol. The van der Waals surface area contributed by atoms with Crippen LogP contribution in [-0.4, -0.2) is 59.4 Å². The third kappa shape index (κ3) is 8.55. The van der Waals surface area contributed by atoms with E-state index in [9.17, 15) is 27.4 Å². The summed E-state index contributed by atoms with van der Waals surface area (Å²) in [5.74, 6) is 0.0112. The first kappa shape index (κ1) is 29.1. The van der Waals surface area contributed by atoms with Gasteiger partial charge in [0.15, 0.2) is 18.0 Å². The number of rotatable bonds is 16. The number of ketones is 1. The van der Waals surface area contributed by atoms with Gasteiger partial charge in [-0.05, 0) is 37.8 Å². The number of oxazole rings is 1. The molecule has 1 aliphatic rings. The van der Waals surface area contributed by atoms with E-state index < -0.39 is 15.9 Å². The normalized spacial score (nSPS) is 13.5. The van der Waals surface area contributed by atoms with Crippen LogP contribution in [0.25, 0.3) is 22.6 Å². The van der Waals surface area contributed by atoms with Crippen molar-refractivity contribution in [3.63, 3.8) is 0 Å². The largest absolute Gasteiger partial charge is 0.748 e. The maximum absolute atomic E-state index is 12.1. The van der Waals surface area contributed by atoms with Crippen molar-refractivity contribution >= 4 is 38.8 Å². The van der Waals surface area contributed by atoms with Crippen LogP contribution in [0.4, 0.5) is 0 Å². The Hall–Kier alpha value is -3.90. The molecular weight excluding hydrogens is 538 g/mol. The summed E-state index contributed by atoms with van der Waals surface area (Å²) in [4.78, 5) is 40.8. The number of hydrogen-bond acceptors (Lipinski definition) is 9. The molecule has 1 aliphatic heterocycles. The van der Waals surface area contributed by atoms with Gasteiger partial charge in [-0.2, -0.15) is 0 Å². The Morgan fingerprint density at radius 2 is 1.70 bits per heavy atom. The third-order valence-corrected chi connectivity index (χ3v) is 7.20. The lowest BCUT2D eigenvalue weighted by Crippen LogP contribution is -2.32. The summed E-state index contributed by atoms with van der Waals surface area (Å²) in [5, 5.41) is 0. The van der Waals surface area contributed by atoms with Crippen molar-refractivity contribution in [1.29, 1.82) is 0 Å². The quantitative estimate of drug-likeness (QED) is 0.110. The van der Waals surface area contributed by atoms with Gasteiger partial charge in [-0.3, -0.25) is 19.3 Å². The van der Waals surface area contributed by atoms with Crippen LogP contribution in [0.5, 0.6) is 5.75 Å². The number of ether oxygens (including phenoxy) is 1. The van der Waals surface area contributed by atoms with E-state index in [1.807, 2.05) is 24.5 Å². The van der Waals surface area contributed by atoms with Crippen LogP contribution in [-0.2, 0) is 31.0 Å². The van der Waals surface area contributed by atoms with Gasteiger partial charge in [0.2, 0.25) is 5.89 Å². The first-order valence-electron chi connectivity index (χ1n) is 13.2. The highest BCUT2D eigenvalue weighted by Gasteiger charge is 2.22. The first-order valence-corrected chi connectivity index (χ1v) is 14.8. The number of amides is 2. The highest BCUT2D eigenvalue weighted by Crippen LogP contribution is 2.26. The fourth-order valence-electron chi connectivity index (χ4n) is 4.30. The standard InChI is InChI=1S/C28H31N3O8S/c32-22(7-4-15-31-26(33)10-11-27(31)34)6-2-1-3-14-30-16-12-21(13-17-30)28-29-24-9-8-23(20-25(24)39-28)38-18-5-19-40(35,36)37/h8-13,16-17,20H,1-7,14-15,18-19H2. The highest BCUT2D eigenvalue weighted by atomic mass is 32.2. The van der Waals surface area contributed by atoms with Gasteiger partial charge in [-0.1, -0.05) is 0 Å². The van der Waals surface area contributed by atoms with Crippen LogP contribution in [0.1, 0.15) is 44.9 Å². The lowest BCUT2D eigenvalue weighted by Gasteiger charge is -2.12. The second kappa shape index (κ2) is 13.4. The minimum atomic E-state index is -4.25. The number of aromatic nitrogens is 2. The molecule has 11 nitrogen and oxygen atoms in total. The molecule has 1 aromatic carbocycles. The molecule has 40 heavy (non-hydrogen) atoms. The molecule has 2 amide bonds. The topological polar surface area (TPSA) is 151 Å². The predicted molar refractivity (Wildman–Crippen MR) is 143 cm³/mol. The van der Waals surface area contributed by atoms with Crippen LogP contribution in [0.15, 0.2) is 59.3 Å². The molecule has 0 aliphatic carbocycles. The molecule has 0 atom stereocenters. The molecule has 12 heteroatoms. The van der Waals surface area contributed by atoms with Crippen LogP contribution >= 0.6 is 0 Å². The Balaban J connectivity index is 1.16. The molecule has 2 aromatic heterocycles. The summed E-state index contributed by atoms with van der Waals surface area (Å²) in [6.45, 7) is 1.19. The van der Waals surface area contributed by atoms with Crippen LogP contribution in [0.2, 0.25) is 0 Å². The van der Waals surface area contributed by atoms with E-state index in [2.05, 4.69) is 9.55 Å². The summed E-state index contributed by atoms with van der Waals surface area (Å²) in [5.41, 5.74) is 2.00. The maximum atomic E-state index is 12.1. The van der Waals surface area contributed by atoms with E-state index >= 15 is 0 Å². The number of aryl methyl sites for hydroxylation is 1. The number of fused-ring (bicyclic) bond motifs is 1. The number of unbranched alkanes of at least 4 members (excludes halogenated alkanes) is 2. The lowest BCUT2D eigenvalue weighted by atomic mass is 10.1. The van der Waals surface area contributed by atoms with Crippen molar-refractivity contribution in [3.8, 4) is 17.2 Å². The molecule has 3 heterocycles. The number of carbonyl (C=O) groups excluding carboxylic acids is 3. The number of carbonyl (C=O) groups is 3. The Kier molecular flexibility index (Phi) is 9.78. The SMILES string of the molecule is O=C(CCCCC[n+]1ccc(-c2nc3ccc(OCCCS(=O)(=O)[O-])cc3o2)cc1)CCCN1C(=O)C=CC1=O. The summed E-state index contributed by atoms with van der Waals surface area (Å²) in [7, 11) is -4.25. The number of nitrogens with zero attached hydrogens (tertiary/aromatic N) is 3. The Morgan fingerprint density at radius 3 is 2.42 bits per heavy atom. The molecule has 0 N–H and O–H groups in total. The lowest BCUT2D eigenvalue weighted by molar-refractivity contribution is -0.697. The highest BCUT2D eigenvalue weighted by molar-refractivity contribution is 7.85. The van der Waals surface area contributed by atoms with Gasteiger partial charge in [0.25, 0.3) is 11.8 Å². The van der Waals surface area contributed by atoms with Gasteiger partial charge < -0.3 is 13.7 Å². The molecule has 4 rings (SSSR count). The minimum Gasteiger partial charge on any atom is -0.748 e. The molecule has 0 spiro atoms. The fourth-order valence-corrected chi connectivity index (χ4v) is 4.77. The minimum absolute atomic E-state index is 0.103. The molecular formula is C28H31N3O8S. The molecule has 0 radical (unpaired) electrons. The second-order valence-electron chi connectivity index (χ2n) is 9.55. The van der Waals surface area contributed by atoms with E-state index in [-0.39, 0.29) is 37.2 Å². The average Bonchev–Trinajstić information content (AvgIpc) is 3.49. The van der Waals surface area contributed by atoms with E-state index in [4.69, 9.17) is 9.15 Å². The van der Waals surface area contributed by atoms with E-state index in [0.29, 0.717) is 42.0 Å². The Morgan fingerprint density at radius 1 is 0.975 bits per heavy atom. The van der Waals surface area contributed by atoms with E-state index in [1.165, 1.54) is 12.2 Å². The predicted octanol–water partition coefficient (Wildman–Crippen LogP) is 2.93. The number of imide groups is 1. The zero-order valence-electron chi connectivity index (χ0n) is 22.0. The average molecular weight is 570 g/mol. The molecule has 0 saturated carbocycles. The van der Waals surface area contributed by atoms with Gasteiger partial charge in [-0.25, -0.2) is 18.0 Å². The van der Waals surface area contributed by atoms with Crippen LogP contribution < -0.4 is 9.30 Å². The van der Waals surface area contributed by atoms with Gasteiger partial charge in [0, 0.05) is 67.5 Å². The van der Waals surface area contributed by atoms with E-state index in [1.54, 1.807) is 18.2 Å². The van der Waals surface area contributed by atoms with Crippen molar-refractivity contribution < 1.29 is 41.1 Å². The first-order chi connectivity index (χ1) is 19.2. The fraction of sp³-hybridized carbons (Fsp3) is 0.393. The Labute approximate surface area is 232 Å². The summed E-state index contributed by atoms with van der Waals surface area (Å²) >= 11 is 0. The maximum Gasteiger partial charge on any atom is 0.253 e. The summed E-state index contributed by atoms with van der Waals surface area (Å²) in [6.07, 6.45) is 10.5. The number of pyridine rings is 1. The Bertz CT molecular complexity index is 1480. The molecule has 0 unspecified atom stereocenters. The van der Waals surface area contributed by atoms with Gasteiger partial charge in [-0.15, -0.1) is 0 Å². The van der Waals surface area contributed by atoms with Gasteiger partial charge in [0.05, 0.1) is 16.7 Å². The molecule has 0 bridgehead atoms. The van der Waals surface area contributed by atoms with Crippen LogP contribution in [0, 0.1) is 0 Å². The van der Waals surface area contributed by atoms with Gasteiger partial charge >= 0.3 is 0 Å². The van der Waals surface area contributed by atoms with E-state index in [0.717, 1.165) is 36.3 Å². The third-order valence-electron chi connectivity index (χ3n) is 6.42. The van der Waals surface area contributed by atoms with Crippen molar-refractivity contribution in [3.05, 3.63) is 54.9 Å². The smallest absolute Gasteiger partial charge is 0.253 e. The van der Waals surface area contributed by atoms with Crippen molar-refractivity contribution in [2.24, 2.45) is 0 Å².